The van der Waals surface area contributed by atoms with Gasteiger partial charge in [-0.05, 0) is 152 Å². The molecule has 0 amide bonds. The summed E-state index contributed by atoms with van der Waals surface area (Å²) in [5.74, 6) is 1.87. The molecule has 11 atom stereocenters. The van der Waals surface area contributed by atoms with Gasteiger partial charge in [0, 0.05) is 30.7 Å². The van der Waals surface area contributed by atoms with E-state index in [1.54, 1.807) is 12.1 Å². The molecule has 5 aliphatic carbocycles. The van der Waals surface area contributed by atoms with Gasteiger partial charge >= 0.3 is 5.97 Å². The Kier molecular flexibility index (Phi) is 8.68. The summed E-state index contributed by atoms with van der Waals surface area (Å²) in [6, 6.07) is 8.93. The van der Waals surface area contributed by atoms with Crippen LogP contribution in [0.15, 0.2) is 42.5 Å². The summed E-state index contributed by atoms with van der Waals surface area (Å²) in [7, 11) is 0. The van der Waals surface area contributed by atoms with E-state index < -0.39 is 5.97 Å². The highest BCUT2D eigenvalue weighted by atomic mass is 16.5. The number of benzene rings is 1. The molecule has 6 fully saturated rings. The first kappa shape index (κ1) is 36.0. The first-order valence-corrected chi connectivity index (χ1v) is 20.9. The summed E-state index contributed by atoms with van der Waals surface area (Å²) in [6.45, 7) is 27.0. The van der Waals surface area contributed by atoms with Crippen LogP contribution in [-0.4, -0.2) is 59.9 Å². The zero-order valence-electron chi connectivity index (χ0n) is 33.1. The zero-order valence-corrected chi connectivity index (χ0v) is 33.1. The maximum absolute atomic E-state index is 11.6. The number of ether oxygens (including phenoxy) is 1. The lowest BCUT2D eigenvalue weighted by molar-refractivity contribution is -0.244. The fraction of sp³-hybridized carbons (Fsp3) is 0.761. The molecule has 2 saturated heterocycles. The summed E-state index contributed by atoms with van der Waals surface area (Å²) < 4.78 is 6.00. The van der Waals surface area contributed by atoms with Crippen molar-refractivity contribution in [2.45, 2.75) is 143 Å². The highest BCUT2D eigenvalue weighted by Gasteiger charge is 2.73. The third-order valence-electron chi connectivity index (χ3n) is 18.7. The van der Waals surface area contributed by atoms with Crippen LogP contribution in [0.2, 0.25) is 0 Å². The van der Waals surface area contributed by atoms with Gasteiger partial charge in [0.25, 0.3) is 0 Å². The van der Waals surface area contributed by atoms with Crippen LogP contribution in [0.5, 0.6) is 0 Å². The molecular weight excluding hydrogens is 629 g/mol. The van der Waals surface area contributed by atoms with E-state index in [1.165, 1.54) is 93.9 Å². The minimum Gasteiger partial charge on any atom is -0.478 e. The number of carbonyl (C=O) groups is 1. The van der Waals surface area contributed by atoms with E-state index >= 15 is 0 Å². The third-order valence-corrected chi connectivity index (χ3v) is 18.7. The molecule has 51 heavy (non-hydrogen) atoms. The Labute approximate surface area is 309 Å². The van der Waals surface area contributed by atoms with Crippen LogP contribution in [0.3, 0.4) is 0 Å². The van der Waals surface area contributed by atoms with Crippen molar-refractivity contribution in [3.05, 3.63) is 53.6 Å². The van der Waals surface area contributed by atoms with E-state index in [0.29, 0.717) is 46.2 Å². The molecule has 0 radical (unpaired) electrons. The molecule has 280 valence electrons. The fourth-order valence-corrected chi connectivity index (χ4v) is 15.2. The molecule has 4 saturated carbocycles. The Balaban J connectivity index is 1.08. The minimum absolute atomic E-state index is 0.0229. The monoisotopic (exact) mass is 697 g/mol. The van der Waals surface area contributed by atoms with Crippen LogP contribution < -0.4 is 5.32 Å². The van der Waals surface area contributed by atoms with E-state index in [0.717, 1.165) is 32.1 Å². The largest absolute Gasteiger partial charge is 0.478 e. The molecule has 1 aromatic rings. The maximum atomic E-state index is 11.6. The predicted octanol–water partition coefficient (Wildman–Crippen LogP) is 10.0. The molecule has 5 heteroatoms. The number of fused-ring (bicyclic) bond motifs is 9. The normalized spacial score (nSPS) is 45.8. The van der Waals surface area contributed by atoms with Crippen molar-refractivity contribution in [1.29, 1.82) is 0 Å². The highest BCUT2D eigenvalue weighted by molar-refractivity contribution is 5.88. The topological polar surface area (TPSA) is 61.8 Å². The first-order chi connectivity index (χ1) is 24.1. The number of morpholine rings is 1. The summed E-state index contributed by atoms with van der Waals surface area (Å²) >= 11 is 0. The number of carboxylic acids is 1. The van der Waals surface area contributed by atoms with Gasteiger partial charge < -0.3 is 15.2 Å². The van der Waals surface area contributed by atoms with E-state index in [9.17, 15) is 9.90 Å². The van der Waals surface area contributed by atoms with Crippen molar-refractivity contribution in [3.8, 4) is 0 Å². The van der Waals surface area contributed by atoms with E-state index in [2.05, 4.69) is 83.5 Å². The van der Waals surface area contributed by atoms with Gasteiger partial charge in [-0.25, -0.2) is 4.79 Å². The number of rotatable bonds is 7. The molecule has 2 bridgehead atoms. The average Bonchev–Trinajstić information content (AvgIpc) is 3.47. The van der Waals surface area contributed by atoms with Crippen molar-refractivity contribution in [2.24, 2.45) is 50.7 Å². The number of nitrogens with zero attached hydrogens (tertiary/aromatic N) is 1. The molecule has 1 aromatic carbocycles. The summed E-state index contributed by atoms with van der Waals surface area (Å²) in [5, 5.41) is 13.9. The molecule has 5 nitrogen and oxygen atoms in total. The van der Waals surface area contributed by atoms with Crippen molar-refractivity contribution in [2.75, 3.05) is 26.3 Å². The van der Waals surface area contributed by atoms with Crippen LogP contribution in [-0.2, 0) is 4.74 Å². The Morgan fingerprint density at radius 3 is 2.24 bits per heavy atom. The van der Waals surface area contributed by atoms with Gasteiger partial charge in [-0.15, -0.1) is 0 Å². The summed E-state index contributed by atoms with van der Waals surface area (Å²) in [4.78, 5) is 14.4. The van der Waals surface area contributed by atoms with E-state index in [4.69, 9.17) is 4.74 Å². The predicted molar refractivity (Wildman–Crippen MR) is 208 cm³/mol. The molecule has 2 heterocycles. The molecule has 0 aromatic heterocycles. The van der Waals surface area contributed by atoms with Gasteiger partial charge in [-0.2, -0.15) is 0 Å². The minimum atomic E-state index is -0.855. The molecule has 3 unspecified atom stereocenters. The number of allylic oxidation sites excluding steroid dienone is 3. The molecule has 2 aliphatic heterocycles. The fourth-order valence-electron chi connectivity index (χ4n) is 15.2. The Morgan fingerprint density at radius 2 is 1.57 bits per heavy atom. The van der Waals surface area contributed by atoms with Crippen LogP contribution in [0.4, 0.5) is 0 Å². The van der Waals surface area contributed by atoms with Gasteiger partial charge in [-0.3, -0.25) is 4.90 Å². The Bertz CT molecular complexity index is 1560. The van der Waals surface area contributed by atoms with Crippen LogP contribution >= 0.6 is 0 Å². The quantitative estimate of drug-likeness (QED) is 0.278. The second kappa shape index (κ2) is 12.3. The smallest absolute Gasteiger partial charge is 0.335 e. The molecule has 0 spiro atoms. The molecule has 8 rings (SSSR count). The van der Waals surface area contributed by atoms with E-state index in [1.807, 2.05) is 0 Å². The average molecular weight is 697 g/mol. The molecule has 2 N–H and O–H groups in total. The first-order valence-electron chi connectivity index (χ1n) is 20.9. The molecular formula is C46H68N2O3. The SMILES string of the molecule is C=C(C)[C@@H]1CC[C@]2(NCCN3C4CCCC3COC4)CC[C@]3(C)[C@H](CC[C@@H]4[C@@]5(C)CC=C(c6ccc(C(=O)O)cc6)C(C)(C)[C@]5(C)CC[C@]43C)C12. The van der Waals surface area contributed by atoms with Crippen molar-refractivity contribution in [3.63, 3.8) is 0 Å². The zero-order chi connectivity index (χ0) is 36.2. The van der Waals surface area contributed by atoms with Crippen LogP contribution in [0.25, 0.3) is 5.57 Å². The van der Waals surface area contributed by atoms with Crippen LogP contribution in [0.1, 0.15) is 141 Å². The van der Waals surface area contributed by atoms with E-state index in [-0.39, 0.29) is 21.8 Å². The second-order valence-electron chi connectivity index (χ2n) is 20.3. The number of carboxylic acid groups (broad SMARTS) is 1. The van der Waals surface area contributed by atoms with Crippen molar-refractivity contribution in [1.82, 2.24) is 10.2 Å². The standard InChI is InChI=1S/C46H68N2O3/c1-30(2)35-18-21-46(47-26-27-48-33-10-9-11-34(48)29-51-28-33)25-23-42(5)37(39(35)46)16-17-38-43(42,6)22-24-45(8)41(3,4)36(19-20-44(38,45)7)31-12-14-32(15-13-31)40(49)50/h12-15,19,33-35,37-39,47H,1,9-11,16-18,20-29H2,2-8H3,(H,49,50)/t33?,34?,35-,37+,38-,39?,42+,43+,44+,45-,46-/m0/s1. The lowest BCUT2D eigenvalue weighted by Gasteiger charge is -2.75. The molecule has 7 aliphatic rings. The Morgan fingerprint density at radius 1 is 0.882 bits per heavy atom. The van der Waals surface area contributed by atoms with Crippen molar-refractivity contribution >= 4 is 11.5 Å². The van der Waals surface area contributed by atoms with Crippen LogP contribution in [0, 0.1) is 50.7 Å². The Hall–Kier alpha value is -1.95. The van der Waals surface area contributed by atoms with Crippen molar-refractivity contribution < 1.29 is 14.6 Å². The number of nitrogens with one attached hydrogen (secondary N) is 1. The number of aromatic carboxylic acids is 1. The number of hydrogen-bond acceptors (Lipinski definition) is 4. The summed E-state index contributed by atoms with van der Waals surface area (Å²) in [6.07, 6.45) is 18.1. The lowest BCUT2D eigenvalue weighted by atomic mass is 9.30. The highest BCUT2D eigenvalue weighted by Crippen LogP contribution is 2.79. The van der Waals surface area contributed by atoms with Gasteiger partial charge in [0.05, 0.1) is 18.8 Å². The maximum Gasteiger partial charge on any atom is 0.335 e. The number of hydrogen-bond donors (Lipinski definition) is 2. The van der Waals surface area contributed by atoms with Gasteiger partial charge in [0.15, 0.2) is 0 Å². The summed E-state index contributed by atoms with van der Waals surface area (Å²) in [5.41, 5.74) is 5.58. The van der Waals surface area contributed by atoms with Gasteiger partial charge in [0.1, 0.15) is 0 Å². The lowest BCUT2D eigenvalue weighted by Crippen LogP contribution is -2.70. The van der Waals surface area contributed by atoms with Gasteiger partial charge in [-0.1, -0.05) is 78.3 Å². The number of piperidine rings is 1. The van der Waals surface area contributed by atoms with Gasteiger partial charge in [0.2, 0.25) is 0 Å². The third kappa shape index (κ3) is 4.98. The second-order valence-corrected chi connectivity index (χ2v) is 20.3.